The average molecular weight is 400 g/mol. The first-order valence-corrected chi connectivity index (χ1v) is 8.90. The van der Waals surface area contributed by atoms with Gasteiger partial charge in [0.1, 0.15) is 12.3 Å². The standard InChI is InChI=1S/C19H16N2O6S/c1-27-13-5-3-12(4-6-13)20-17(24)10-21-18(25)16(28-19(21)26)9-11-2-7-14(22)15(23)8-11/h2-9,22-23H,10H2,1H3,(H,20,24)/b16-9+. The maximum Gasteiger partial charge on any atom is 0.294 e. The molecule has 9 heteroatoms. The quantitative estimate of drug-likeness (QED) is 0.522. The summed E-state index contributed by atoms with van der Waals surface area (Å²) < 4.78 is 5.04. The molecule has 1 saturated heterocycles. The minimum atomic E-state index is -0.604. The second-order valence-corrected chi connectivity index (χ2v) is 6.79. The number of carbonyl (C=O) groups is 3. The highest BCUT2D eigenvalue weighted by atomic mass is 32.2. The number of nitrogens with one attached hydrogen (secondary N) is 1. The van der Waals surface area contributed by atoms with Crippen LogP contribution in [0.2, 0.25) is 0 Å². The van der Waals surface area contributed by atoms with E-state index >= 15 is 0 Å². The molecule has 2 aromatic rings. The summed E-state index contributed by atoms with van der Waals surface area (Å²) in [4.78, 5) is 37.7. The number of methoxy groups -OCH3 is 1. The van der Waals surface area contributed by atoms with Crippen LogP contribution in [-0.4, -0.2) is 45.8 Å². The number of hydrogen-bond acceptors (Lipinski definition) is 7. The van der Waals surface area contributed by atoms with Crippen LogP contribution in [0.4, 0.5) is 10.5 Å². The van der Waals surface area contributed by atoms with E-state index in [1.165, 1.54) is 31.4 Å². The number of ether oxygens (including phenoxy) is 1. The summed E-state index contributed by atoms with van der Waals surface area (Å²) in [5.41, 5.74) is 0.941. The van der Waals surface area contributed by atoms with Gasteiger partial charge in [0.05, 0.1) is 12.0 Å². The van der Waals surface area contributed by atoms with E-state index in [9.17, 15) is 24.6 Å². The summed E-state index contributed by atoms with van der Waals surface area (Å²) in [5.74, 6) is -1.12. The lowest BCUT2D eigenvalue weighted by Gasteiger charge is -2.12. The highest BCUT2D eigenvalue weighted by molar-refractivity contribution is 8.18. The Balaban J connectivity index is 1.68. The zero-order chi connectivity index (χ0) is 20.3. The van der Waals surface area contributed by atoms with E-state index in [0.717, 1.165) is 4.90 Å². The molecule has 3 amide bonds. The van der Waals surface area contributed by atoms with E-state index in [2.05, 4.69) is 5.32 Å². The molecule has 1 fully saturated rings. The van der Waals surface area contributed by atoms with Gasteiger partial charge in [-0.15, -0.1) is 0 Å². The van der Waals surface area contributed by atoms with Crippen LogP contribution in [-0.2, 0) is 9.59 Å². The molecule has 0 unspecified atom stereocenters. The second kappa shape index (κ2) is 8.05. The Morgan fingerprint density at radius 2 is 1.86 bits per heavy atom. The number of aromatic hydroxyl groups is 2. The molecular formula is C19H16N2O6S. The Hall–Kier alpha value is -3.46. The van der Waals surface area contributed by atoms with Crippen molar-refractivity contribution in [1.29, 1.82) is 0 Å². The number of imide groups is 1. The molecule has 0 aromatic heterocycles. The van der Waals surface area contributed by atoms with E-state index in [1.807, 2.05) is 0 Å². The van der Waals surface area contributed by atoms with Crippen molar-refractivity contribution in [1.82, 2.24) is 4.90 Å². The Morgan fingerprint density at radius 1 is 1.14 bits per heavy atom. The summed E-state index contributed by atoms with van der Waals surface area (Å²) >= 11 is 0.698. The summed E-state index contributed by atoms with van der Waals surface area (Å²) in [6.45, 7) is -0.422. The van der Waals surface area contributed by atoms with Crippen LogP contribution in [0.25, 0.3) is 6.08 Å². The first-order valence-electron chi connectivity index (χ1n) is 8.08. The maximum atomic E-state index is 12.5. The lowest BCUT2D eigenvalue weighted by Crippen LogP contribution is -2.36. The van der Waals surface area contributed by atoms with Gasteiger partial charge in [-0.2, -0.15) is 0 Å². The van der Waals surface area contributed by atoms with Gasteiger partial charge in [-0.25, -0.2) is 0 Å². The number of thioether (sulfide) groups is 1. The largest absolute Gasteiger partial charge is 0.504 e. The number of benzene rings is 2. The van der Waals surface area contributed by atoms with Gasteiger partial charge in [-0.1, -0.05) is 6.07 Å². The van der Waals surface area contributed by atoms with Crippen molar-refractivity contribution in [3.63, 3.8) is 0 Å². The lowest BCUT2D eigenvalue weighted by molar-refractivity contribution is -0.127. The number of anilines is 1. The number of phenolic OH excluding ortho intramolecular Hbond substituents is 2. The van der Waals surface area contributed by atoms with Crippen LogP contribution in [0.15, 0.2) is 47.4 Å². The summed E-state index contributed by atoms with van der Waals surface area (Å²) in [6, 6.07) is 10.6. The van der Waals surface area contributed by atoms with Crippen molar-refractivity contribution >= 4 is 40.6 Å². The zero-order valence-electron chi connectivity index (χ0n) is 14.7. The third kappa shape index (κ3) is 4.26. The van der Waals surface area contributed by atoms with Gasteiger partial charge >= 0.3 is 0 Å². The molecular weight excluding hydrogens is 384 g/mol. The van der Waals surface area contributed by atoms with Gasteiger partial charge in [0.15, 0.2) is 11.5 Å². The van der Waals surface area contributed by atoms with Crippen molar-refractivity contribution in [2.75, 3.05) is 19.0 Å². The van der Waals surface area contributed by atoms with Crippen LogP contribution in [0.3, 0.4) is 0 Å². The Labute approximate surface area is 164 Å². The topological polar surface area (TPSA) is 116 Å². The Bertz CT molecular complexity index is 971. The predicted octanol–water partition coefficient (Wildman–Crippen LogP) is 2.78. The first-order chi connectivity index (χ1) is 13.4. The number of amides is 3. The van der Waals surface area contributed by atoms with Crippen LogP contribution < -0.4 is 10.1 Å². The minimum Gasteiger partial charge on any atom is -0.504 e. The van der Waals surface area contributed by atoms with E-state index in [4.69, 9.17) is 4.74 Å². The van der Waals surface area contributed by atoms with Crippen molar-refractivity contribution in [2.24, 2.45) is 0 Å². The molecule has 1 heterocycles. The van der Waals surface area contributed by atoms with Gasteiger partial charge in [-0.3, -0.25) is 19.3 Å². The molecule has 2 aromatic carbocycles. The Kier molecular flexibility index (Phi) is 5.55. The van der Waals surface area contributed by atoms with Gasteiger partial charge in [0.2, 0.25) is 5.91 Å². The molecule has 28 heavy (non-hydrogen) atoms. The van der Waals surface area contributed by atoms with Crippen LogP contribution in [0.1, 0.15) is 5.56 Å². The highest BCUT2D eigenvalue weighted by Gasteiger charge is 2.36. The highest BCUT2D eigenvalue weighted by Crippen LogP contribution is 2.33. The molecule has 0 bridgehead atoms. The monoisotopic (exact) mass is 400 g/mol. The summed E-state index contributed by atoms with van der Waals surface area (Å²) in [7, 11) is 1.53. The number of carbonyl (C=O) groups excluding carboxylic acids is 3. The van der Waals surface area contributed by atoms with E-state index in [-0.39, 0.29) is 16.4 Å². The smallest absolute Gasteiger partial charge is 0.294 e. The third-order valence-electron chi connectivity index (χ3n) is 3.85. The van der Waals surface area contributed by atoms with E-state index < -0.39 is 23.6 Å². The summed E-state index contributed by atoms with van der Waals surface area (Å²) in [6.07, 6.45) is 1.41. The van der Waals surface area contributed by atoms with Gasteiger partial charge < -0.3 is 20.3 Å². The lowest BCUT2D eigenvalue weighted by atomic mass is 10.2. The van der Waals surface area contributed by atoms with E-state index in [1.54, 1.807) is 24.3 Å². The fraction of sp³-hybridized carbons (Fsp3) is 0.105. The number of rotatable bonds is 5. The Morgan fingerprint density at radius 3 is 2.50 bits per heavy atom. The molecule has 0 spiro atoms. The number of nitrogens with zero attached hydrogens (tertiary/aromatic N) is 1. The molecule has 0 saturated carbocycles. The molecule has 0 atom stereocenters. The van der Waals surface area contributed by atoms with Gasteiger partial charge in [0, 0.05) is 5.69 Å². The van der Waals surface area contributed by atoms with Gasteiger partial charge in [0.25, 0.3) is 11.1 Å². The van der Waals surface area contributed by atoms with Crippen LogP contribution in [0, 0.1) is 0 Å². The molecule has 144 valence electrons. The van der Waals surface area contributed by atoms with Crippen molar-refractivity contribution in [3.8, 4) is 17.2 Å². The van der Waals surface area contributed by atoms with Crippen molar-refractivity contribution in [2.45, 2.75) is 0 Å². The predicted molar refractivity (Wildman–Crippen MR) is 104 cm³/mol. The SMILES string of the molecule is COc1ccc(NC(=O)CN2C(=O)S/C(=C/c3ccc(O)c(O)c3)C2=O)cc1. The fourth-order valence-corrected chi connectivity index (χ4v) is 3.27. The molecule has 8 nitrogen and oxygen atoms in total. The zero-order valence-corrected chi connectivity index (χ0v) is 15.5. The number of hydrogen-bond donors (Lipinski definition) is 3. The fourth-order valence-electron chi connectivity index (χ4n) is 2.44. The number of phenols is 2. The third-order valence-corrected chi connectivity index (χ3v) is 4.75. The normalized spacial score (nSPS) is 15.2. The van der Waals surface area contributed by atoms with Crippen LogP contribution >= 0.6 is 11.8 Å². The minimum absolute atomic E-state index is 0.118. The molecule has 3 N–H and O–H groups in total. The first kappa shape index (κ1) is 19.3. The van der Waals surface area contributed by atoms with Gasteiger partial charge in [-0.05, 0) is 59.8 Å². The average Bonchev–Trinajstić information content (AvgIpc) is 2.92. The molecule has 0 radical (unpaired) electrons. The summed E-state index contributed by atoms with van der Waals surface area (Å²) in [5, 5.41) is 20.9. The van der Waals surface area contributed by atoms with E-state index in [0.29, 0.717) is 28.8 Å². The molecule has 0 aliphatic carbocycles. The second-order valence-electron chi connectivity index (χ2n) is 5.79. The molecule has 1 aliphatic rings. The molecule has 1 aliphatic heterocycles. The molecule has 3 rings (SSSR count). The van der Waals surface area contributed by atoms with Crippen molar-refractivity contribution < 1.29 is 29.3 Å². The maximum absolute atomic E-state index is 12.5. The van der Waals surface area contributed by atoms with Crippen molar-refractivity contribution in [3.05, 3.63) is 52.9 Å². The van der Waals surface area contributed by atoms with Crippen LogP contribution in [0.5, 0.6) is 17.2 Å².